The molecule has 3 heterocycles. The highest BCUT2D eigenvalue weighted by atomic mass is 35.5. The molecule has 2 saturated carbocycles. The number of piperazine rings is 1. The number of carbonyl (C=O) groups is 1. The summed E-state index contributed by atoms with van der Waals surface area (Å²) in [4.78, 5) is 15.3. The Morgan fingerprint density at radius 2 is 1.41 bits per heavy atom. The van der Waals surface area contributed by atoms with Crippen LogP contribution < -0.4 is 14.8 Å². The predicted molar refractivity (Wildman–Crippen MR) is 191 cm³/mol. The van der Waals surface area contributed by atoms with Gasteiger partial charge >= 0.3 is 0 Å². The summed E-state index contributed by atoms with van der Waals surface area (Å²) < 4.78 is 15.8. The minimum atomic E-state index is 0. The van der Waals surface area contributed by atoms with E-state index in [9.17, 15) is 4.79 Å². The van der Waals surface area contributed by atoms with E-state index >= 15 is 0 Å². The lowest BCUT2D eigenvalue weighted by Crippen LogP contribution is -2.51. The van der Waals surface area contributed by atoms with Crippen molar-refractivity contribution in [3.8, 4) is 11.5 Å². The van der Waals surface area contributed by atoms with Gasteiger partial charge in [-0.3, -0.25) is 4.79 Å². The lowest BCUT2D eigenvalue weighted by molar-refractivity contribution is 0.0710. The van der Waals surface area contributed by atoms with Crippen LogP contribution in [0.4, 0.5) is 0 Å². The molecule has 2 aromatic heterocycles. The van der Waals surface area contributed by atoms with Crippen molar-refractivity contribution in [2.24, 2.45) is 11.8 Å². The van der Waals surface area contributed by atoms with Crippen molar-refractivity contribution in [2.75, 3.05) is 33.9 Å². The zero-order valence-electron chi connectivity index (χ0n) is 28.0. The van der Waals surface area contributed by atoms with Crippen LogP contribution in [0.1, 0.15) is 81.5 Å². The van der Waals surface area contributed by atoms with Gasteiger partial charge in [-0.1, -0.05) is 62.8 Å². The van der Waals surface area contributed by atoms with Crippen molar-refractivity contribution in [1.82, 2.24) is 19.4 Å². The van der Waals surface area contributed by atoms with Crippen molar-refractivity contribution in [3.05, 3.63) is 60.4 Å². The van der Waals surface area contributed by atoms with Crippen LogP contribution in [0.5, 0.6) is 11.5 Å². The molecular formula is C38H53ClN4O3. The van der Waals surface area contributed by atoms with E-state index in [-0.39, 0.29) is 18.3 Å². The van der Waals surface area contributed by atoms with Crippen molar-refractivity contribution in [3.63, 3.8) is 0 Å². The van der Waals surface area contributed by atoms with Crippen molar-refractivity contribution in [1.29, 1.82) is 0 Å². The Morgan fingerprint density at radius 1 is 0.804 bits per heavy atom. The van der Waals surface area contributed by atoms with E-state index in [2.05, 4.69) is 64.1 Å². The van der Waals surface area contributed by atoms with Gasteiger partial charge in [-0.05, 0) is 62.6 Å². The number of nitrogens with one attached hydrogen (secondary N) is 1. The SMILES string of the molecule is COc1cccc2c(C(=O)N3CCN[C@H](C)C3)cn(CC3CCCCC3)c12.COc1cccc2ccn(CC3CCCCC3)c12.Cl. The summed E-state index contributed by atoms with van der Waals surface area (Å²) in [6.07, 6.45) is 17.9. The molecule has 0 radical (unpaired) electrons. The van der Waals surface area contributed by atoms with Crippen molar-refractivity contribution < 1.29 is 14.3 Å². The number of ether oxygens (including phenoxy) is 2. The van der Waals surface area contributed by atoms with Gasteiger partial charge in [-0.2, -0.15) is 0 Å². The van der Waals surface area contributed by atoms with Gasteiger partial charge in [-0.15, -0.1) is 12.4 Å². The third-order valence-corrected chi connectivity index (χ3v) is 10.3. The standard InChI is InChI=1S/C22H31N3O2.C16H21NO.ClH/c1-16-13-24(12-11-23-16)22(26)19-15-25(14-17-7-4-3-5-8-17)21-18(19)9-6-10-20(21)27-2;1-18-15-9-5-8-14-10-11-17(16(14)15)12-13-6-3-2-4-7-13;/h6,9-10,15-17,23H,3-5,7-8,11-14H2,1-2H3;5,8-11,13H,2-4,6-7,12H2,1H3;1H/t16-;;/m1../s1. The third-order valence-electron chi connectivity index (χ3n) is 10.3. The minimum absolute atomic E-state index is 0. The fraction of sp³-hybridized carbons (Fsp3) is 0.553. The van der Waals surface area contributed by atoms with Crippen LogP contribution >= 0.6 is 12.4 Å². The van der Waals surface area contributed by atoms with Gasteiger partial charge < -0.3 is 28.8 Å². The molecule has 7 nitrogen and oxygen atoms in total. The number of nitrogens with zero attached hydrogens (tertiary/aromatic N) is 3. The Balaban J connectivity index is 0.000000191. The lowest BCUT2D eigenvalue weighted by atomic mass is 9.89. The van der Waals surface area contributed by atoms with Crippen LogP contribution in [-0.2, 0) is 13.1 Å². The van der Waals surface area contributed by atoms with E-state index in [1.807, 2.05) is 17.0 Å². The second-order valence-electron chi connectivity index (χ2n) is 13.5. The molecule has 1 amide bonds. The van der Waals surface area contributed by atoms with Crippen LogP contribution in [0, 0.1) is 11.8 Å². The van der Waals surface area contributed by atoms with Crippen LogP contribution in [-0.4, -0.2) is 59.8 Å². The smallest absolute Gasteiger partial charge is 0.256 e. The second-order valence-corrected chi connectivity index (χ2v) is 13.5. The first-order valence-electron chi connectivity index (χ1n) is 17.4. The van der Waals surface area contributed by atoms with Crippen molar-refractivity contribution in [2.45, 2.75) is 90.3 Å². The largest absolute Gasteiger partial charge is 0.495 e. The second kappa shape index (κ2) is 16.1. The Morgan fingerprint density at radius 3 is 2.04 bits per heavy atom. The summed E-state index contributed by atoms with van der Waals surface area (Å²) in [5, 5.41) is 5.71. The van der Waals surface area contributed by atoms with Gasteiger partial charge in [0, 0.05) is 61.9 Å². The van der Waals surface area contributed by atoms with Crippen LogP contribution in [0.15, 0.2) is 54.9 Å². The molecule has 2 aliphatic carbocycles. The first-order chi connectivity index (χ1) is 22.1. The maximum Gasteiger partial charge on any atom is 0.256 e. The molecule has 3 aliphatic rings. The summed E-state index contributed by atoms with van der Waals surface area (Å²) in [6, 6.07) is 14.9. The molecule has 8 heteroatoms. The quantitative estimate of drug-likeness (QED) is 0.219. The van der Waals surface area contributed by atoms with Gasteiger partial charge in [0.1, 0.15) is 11.5 Å². The van der Waals surface area contributed by atoms with Gasteiger partial charge in [0.05, 0.1) is 30.8 Å². The summed E-state index contributed by atoms with van der Waals surface area (Å²) >= 11 is 0. The van der Waals surface area contributed by atoms with E-state index in [0.717, 1.165) is 66.6 Å². The highest BCUT2D eigenvalue weighted by Crippen LogP contribution is 2.34. The first kappa shape index (κ1) is 34.2. The molecule has 0 unspecified atom stereocenters. The molecule has 1 N–H and O–H groups in total. The van der Waals surface area contributed by atoms with Crippen LogP contribution in [0.2, 0.25) is 0 Å². The number of carbonyl (C=O) groups excluding carboxylic acids is 1. The minimum Gasteiger partial charge on any atom is -0.495 e. The molecule has 7 rings (SSSR count). The zero-order valence-corrected chi connectivity index (χ0v) is 28.8. The van der Waals surface area contributed by atoms with Crippen LogP contribution in [0.3, 0.4) is 0 Å². The summed E-state index contributed by atoms with van der Waals surface area (Å²) in [6.45, 7) is 6.64. The Kier molecular flexibility index (Phi) is 12.0. The molecule has 0 spiro atoms. The maximum atomic E-state index is 13.3. The molecule has 250 valence electrons. The number of methoxy groups -OCH3 is 2. The fourth-order valence-electron chi connectivity index (χ4n) is 7.93. The Hall–Kier alpha value is -3.16. The normalized spacial score (nSPS) is 19.4. The molecule has 1 atom stereocenters. The topological polar surface area (TPSA) is 60.7 Å². The number of rotatable bonds is 7. The average Bonchev–Trinajstić information content (AvgIpc) is 3.67. The van der Waals surface area contributed by atoms with E-state index in [0.29, 0.717) is 12.0 Å². The summed E-state index contributed by atoms with van der Waals surface area (Å²) in [5.74, 6) is 3.54. The maximum absolute atomic E-state index is 13.3. The van der Waals surface area contributed by atoms with Gasteiger partial charge in [0.2, 0.25) is 0 Å². The Bertz CT molecular complexity index is 1570. The zero-order chi connectivity index (χ0) is 31.2. The van der Waals surface area contributed by atoms with Crippen molar-refractivity contribution >= 4 is 40.1 Å². The van der Waals surface area contributed by atoms with E-state index < -0.39 is 0 Å². The van der Waals surface area contributed by atoms with Crippen LogP contribution in [0.25, 0.3) is 21.8 Å². The summed E-state index contributed by atoms with van der Waals surface area (Å²) in [7, 11) is 3.47. The number of hydrogen-bond donors (Lipinski definition) is 1. The highest BCUT2D eigenvalue weighted by Gasteiger charge is 2.26. The number of halogens is 1. The molecular weight excluding hydrogens is 596 g/mol. The lowest BCUT2D eigenvalue weighted by Gasteiger charge is -2.31. The number of amides is 1. The van der Waals surface area contributed by atoms with Gasteiger partial charge in [0.25, 0.3) is 5.91 Å². The Labute approximate surface area is 281 Å². The molecule has 1 saturated heterocycles. The predicted octanol–water partition coefficient (Wildman–Crippen LogP) is 8.32. The third kappa shape index (κ3) is 7.69. The van der Waals surface area contributed by atoms with E-state index in [1.54, 1.807) is 14.2 Å². The van der Waals surface area contributed by atoms with E-state index in [1.165, 1.54) is 75.1 Å². The summed E-state index contributed by atoms with van der Waals surface area (Å²) in [5.41, 5.74) is 3.14. The molecule has 1 aliphatic heterocycles. The number of fused-ring (bicyclic) bond motifs is 2. The van der Waals surface area contributed by atoms with Gasteiger partial charge in [-0.25, -0.2) is 0 Å². The highest BCUT2D eigenvalue weighted by molar-refractivity contribution is 6.08. The number of aromatic nitrogens is 2. The number of benzene rings is 2. The molecule has 2 aromatic carbocycles. The van der Waals surface area contributed by atoms with Gasteiger partial charge in [0.15, 0.2) is 0 Å². The molecule has 0 bridgehead atoms. The van der Waals surface area contributed by atoms with E-state index in [4.69, 9.17) is 9.47 Å². The average molecular weight is 649 g/mol. The molecule has 46 heavy (non-hydrogen) atoms. The number of hydrogen-bond acceptors (Lipinski definition) is 4. The fourth-order valence-corrected chi connectivity index (χ4v) is 7.93. The molecule has 4 aromatic rings. The first-order valence-corrected chi connectivity index (χ1v) is 17.4. The number of para-hydroxylation sites is 2. The molecule has 3 fully saturated rings. The monoisotopic (exact) mass is 648 g/mol.